The van der Waals surface area contributed by atoms with Gasteiger partial charge in [0.15, 0.2) is 6.17 Å². The fourth-order valence-electron chi connectivity index (χ4n) is 0.890. The Morgan fingerprint density at radius 3 is 2.57 bits per heavy atom. The van der Waals surface area contributed by atoms with E-state index in [9.17, 15) is 13.6 Å². The van der Waals surface area contributed by atoms with E-state index in [0.717, 1.165) is 0 Å². The van der Waals surface area contributed by atoms with Gasteiger partial charge in [-0.3, -0.25) is 4.79 Å². The Labute approximate surface area is 82.4 Å². The van der Waals surface area contributed by atoms with Crippen LogP contribution in [0.5, 0.6) is 0 Å². The van der Waals surface area contributed by atoms with E-state index in [2.05, 4.69) is 5.32 Å². The van der Waals surface area contributed by atoms with Gasteiger partial charge in [0, 0.05) is 12.1 Å². The number of hydrogen-bond donors (Lipinski definition) is 2. The maximum absolute atomic E-state index is 13.3. The molecule has 0 radical (unpaired) electrons. The molecule has 2 unspecified atom stereocenters. The zero-order chi connectivity index (χ0) is 11.1. The minimum absolute atomic E-state index is 0.0657. The molecule has 2 atom stereocenters. The Morgan fingerprint density at radius 2 is 2.21 bits per heavy atom. The lowest BCUT2D eigenvalue weighted by Gasteiger charge is -2.19. The quantitative estimate of drug-likeness (QED) is 0.706. The molecule has 0 fully saturated rings. The summed E-state index contributed by atoms with van der Waals surface area (Å²) < 4.78 is 25.7. The van der Waals surface area contributed by atoms with Crippen LogP contribution in [0, 0.1) is 0 Å². The van der Waals surface area contributed by atoms with E-state index >= 15 is 0 Å². The van der Waals surface area contributed by atoms with Crippen molar-refractivity contribution in [1.29, 1.82) is 0 Å². The third-order valence-electron chi connectivity index (χ3n) is 1.84. The zero-order valence-corrected chi connectivity index (χ0v) is 8.39. The Morgan fingerprint density at radius 1 is 1.64 bits per heavy atom. The molecule has 0 saturated heterocycles. The highest BCUT2D eigenvalue weighted by Gasteiger charge is 2.24. The van der Waals surface area contributed by atoms with Gasteiger partial charge >= 0.3 is 0 Å². The summed E-state index contributed by atoms with van der Waals surface area (Å²) in [4.78, 5) is 10.9. The summed E-state index contributed by atoms with van der Waals surface area (Å²) in [5.41, 5.74) is 5.21. The Bertz CT molecular complexity index is 219. The van der Waals surface area contributed by atoms with Gasteiger partial charge in [0.25, 0.3) is 0 Å². The predicted octanol–water partition coefficient (Wildman–Crippen LogP) is 1.05. The summed E-state index contributed by atoms with van der Waals surface area (Å²) in [6, 6.07) is -1.18. The molecule has 3 nitrogen and oxygen atoms in total. The number of alkyl halides is 2. The highest BCUT2D eigenvalue weighted by Crippen LogP contribution is 2.07. The van der Waals surface area contributed by atoms with Gasteiger partial charge in [0.1, 0.15) is 6.67 Å². The van der Waals surface area contributed by atoms with Crippen molar-refractivity contribution in [1.82, 2.24) is 5.32 Å². The molecule has 0 aromatic heterocycles. The molecule has 14 heavy (non-hydrogen) atoms. The van der Waals surface area contributed by atoms with Crippen molar-refractivity contribution in [2.45, 2.75) is 32.5 Å². The van der Waals surface area contributed by atoms with Crippen LogP contribution in [0.2, 0.25) is 0 Å². The van der Waals surface area contributed by atoms with E-state index in [0.29, 0.717) is 0 Å². The van der Waals surface area contributed by atoms with Crippen molar-refractivity contribution in [3.63, 3.8) is 0 Å². The summed E-state index contributed by atoms with van der Waals surface area (Å²) >= 11 is 0. The van der Waals surface area contributed by atoms with E-state index in [1.807, 2.05) is 0 Å². The van der Waals surface area contributed by atoms with Crippen LogP contribution in [0.3, 0.4) is 0 Å². The largest absolute Gasteiger partial charge is 0.400 e. The summed E-state index contributed by atoms with van der Waals surface area (Å²) in [5, 5.41) is 2.22. The third-order valence-corrected chi connectivity index (χ3v) is 1.84. The van der Waals surface area contributed by atoms with Gasteiger partial charge in [-0.25, -0.2) is 8.78 Å². The molecule has 1 amide bonds. The molecule has 5 heteroatoms. The molecule has 0 aliphatic carbocycles. The summed E-state index contributed by atoms with van der Waals surface area (Å²) in [5.74, 6) is -0.390. The minimum Gasteiger partial charge on any atom is -0.400 e. The first kappa shape index (κ1) is 12.9. The van der Waals surface area contributed by atoms with E-state index in [1.54, 1.807) is 13.8 Å². The van der Waals surface area contributed by atoms with E-state index in [1.165, 1.54) is 6.08 Å². The highest BCUT2D eigenvalue weighted by atomic mass is 19.1. The zero-order valence-electron chi connectivity index (χ0n) is 8.39. The molecule has 0 aliphatic rings. The Balaban J connectivity index is 4.33. The van der Waals surface area contributed by atoms with Gasteiger partial charge in [-0.1, -0.05) is 13.0 Å². The fraction of sp³-hybridized carbons (Fsp3) is 0.667. The maximum atomic E-state index is 13.3. The molecule has 0 aromatic rings. The molecule has 0 rings (SSSR count). The lowest BCUT2D eigenvalue weighted by atomic mass is 10.1. The summed E-state index contributed by atoms with van der Waals surface area (Å²) in [6.45, 7) is 2.19. The van der Waals surface area contributed by atoms with Crippen LogP contribution in [0.4, 0.5) is 8.78 Å². The van der Waals surface area contributed by atoms with Crippen LogP contribution in [0.1, 0.15) is 20.3 Å². The molecule has 0 aromatic carbocycles. The van der Waals surface area contributed by atoms with Crippen LogP contribution in [0.15, 0.2) is 11.8 Å². The SMILES string of the molecule is C/C=C(/N)C(F)C(CF)NC(=O)CC. The van der Waals surface area contributed by atoms with Crippen LogP contribution in [-0.4, -0.2) is 24.8 Å². The second kappa shape index (κ2) is 6.34. The van der Waals surface area contributed by atoms with Crippen molar-refractivity contribution < 1.29 is 13.6 Å². The second-order valence-electron chi connectivity index (χ2n) is 2.87. The normalized spacial score (nSPS) is 16.1. The molecular formula is C9H16F2N2O. The van der Waals surface area contributed by atoms with E-state index in [-0.39, 0.29) is 18.0 Å². The fourth-order valence-corrected chi connectivity index (χ4v) is 0.890. The summed E-state index contributed by atoms with van der Waals surface area (Å²) in [6.07, 6.45) is -0.120. The first-order valence-electron chi connectivity index (χ1n) is 4.47. The number of amides is 1. The second-order valence-corrected chi connectivity index (χ2v) is 2.87. The molecule has 0 aliphatic heterocycles. The van der Waals surface area contributed by atoms with Crippen molar-refractivity contribution >= 4 is 5.91 Å². The first-order chi connectivity index (χ1) is 6.56. The number of allylic oxidation sites excluding steroid dienone is 1. The van der Waals surface area contributed by atoms with E-state index < -0.39 is 18.9 Å². The highest BCUT2D eigenvalue weighted by molar-refractivity contribution is 5.75. The average molecular weight is 206 g/mol. The molecular weight excluding hydrogens is 190 g/mol. The number of carbonyl (C=O) groups excluding carboxylic acids is 1. The number of nitrogens with two attached hydrogens (primary N) is 1. The van der Waals surface area contributed by atoms with Gasteiger partial charge in [-0.15, -0.1) is 0 Å². The van der Waals surface area contributed by atoms with Gasteiger partial charge in [-0.05, 0) is 6.92 Å². The van der Waals surface area contributed by atoms with Crippen LogP contribution in [-0.2, 0) is 4.79 Å². The van der Waals surface area contributed by atoms with Crippen molar-refractivity contribution in [3.05, 3.63) is 11.8 Å². The molecule has 0 bridgehead atoms. The number of carbonyl (C=O) groups is 1. The van der Waals surface area contributed by atoms with Gasteiger partial charge < -0.3 is 11.1 Å². The Kier molecular flexibility index (Phi) is 5.83. The number of rotatable bonds is 5. The first-order valence-corrected chi connectivity index (χ1v) is 4.47. The van der Waals surface area contributed by atoms with Crippen molar-refractivity contribution in [2.75, 3.05) is 6.67 Å². The molecule has 0 spiro atoms. The summed E-state index contributed by atoms with van der Waals surface area (Å²) in [7, 11) is 0. The molecule has 3 N–H and O–H groups in total. The average Bonchev–Trinajstić information content (AvgIpc) is 2.23. The standard InChI is InChI=1S/C9H16F2N2O/c1-3-6(12)9(11)7(5-10)13-8(14)4-2/h3,7,9H,4-5,12H2,1-2H3,(H,13,14)/b6-3+. The molecule has 82 valence electrons. The van der Waals surface area contributed by atoms with Gasteiger partial charge in [-0.2, -0.15) is 0 Å². The van der Waals surface area contributed by atoms with E-state index in [4.69, 9.17) is 5.73 Å². The number of nitrogens with one attached hydrogen (secondary N) is 1. The van der Waals surface area contributed by atoms with Gasteiger partial charge in [0.2, 0.25) is 5.91 Å². The smallest absolute Gasteiger partial charge is 0.220 e. The monoisotopic (exact) mass is 206 g/mol. The molecule has 0 heterocycles. The van der Waals surface area contributed by atoms with Crippen LogP contribution >= 0.6 is 0 Å². The maximum Gasteiger partial charge on any atom is 0.220 e. The minimum atomic E-state index is -1.67. The van der Waals surface area contributed by atoms with Crippen LogP contribution in [0.25, 0.3) is 0 Å². The third kappa shape index (κ3) is 3.72. The number of hydrogen-bond acceptors (Lipinski definition) is 2. The van der Waals surface area contributed by atoms with Crippen LogP contribution < -0.4 is 11.1 Å². The van der Waals surface area contributed by atoms with Gasteiger partial charge in [0.05, 0.1) is 6.04 Å². The number of halogens is 2. The van der Waals surface area contributed by atoms with Crippen molar-refractivity contribution in [3.8, 4) is 0 Å². The predicted molar refractivity (Wildman–Crippen MR) is 51.0 cm³/mol. The Hall–Kier alpha value is -1.13. The van der Waals surface area contributed by atoms with Crippen molar-refractivity contribution in [2.24, 2.45) is 5.73 Å². The lowest BCUT2D eigenvalue weighted by molar-refractivity contribution is -0.122. The topological polar surface area (TPSA) is 55.1 Å². The molecule has 0 saturated carbocycles. The lowest BCUT2D eigenvalue weighted by Crippen LogP contribution is -2.44.